The van der Waals surface area contributed by atoms with Gasteiger partial charge in [-0.25, -0.2) is 4.98 Å². The number of benzene rings is 1. The molecule has 2 aromatic heterocycles. The van der Waals surface area contributed by atoms with Crippen LogP contribution < -0.4 is 5.32 Å². The molecule has 3 aromatic rings. The first-order valence-corrected chi connectivity index (χ1v) is 8.09. The van der Waals surface area contributed by atoms with E-state index < -0.39 is 0 Å². The summed E-state index contributed by atoms with van der Waals surface area (Å²) in [4.78, 5) is 11.9. The van der Waals surface area contributed by atoms with Crippen molar-refractivity contribution in [3.63, 3.8) is 0 Å². The summed E-state index contributed by atoms with van der Waals surface area (Å²) in [5, 5.41) is 3.59. The summed E-state index contributed by atoms with van der Waals surface area (Å²) in [6, 6.07) is 10.6. The molecule has 0 saturated carbocycles. The maximum atomic E-state index is 4.42. The van der Waals surface area contributed by atoms with E-state index in [2.05, 4.69) is 58.4 Å². The Morgan fingerprint density at radius 1 is 1.09 bits per heavy atom. The first-order chi connectivity index (χ1) is 11.3. The average Bonchev–Trinajstić information content (AvgIpc) is 3.14. The number of hydrogen-bond donors (Lipinski definition) is 2. The lowest BCUT2D eigenvalue weighted by atomic mass is 10.0. The van der Waals surface area contributed by atoms with Crippen molar-refractivity contribution in [1.82, 2.24) is 15.0 Å². The monoisotopic (exact) mass is 306 g/mol. The molecule has 0 aliphatic rings. The Kier molecular flexibility index (Phi) is 4.71. The highest BCUT2D eigenvalue weighted by Crippen LogP contribution is 2.25. The third-order valence-electron chi connectivity index (χ3n) is 4.09. The van der Waals surface area contributed by atoms with E-state index >= 15 is 0 Å². The van der Waals surface area contributed by atoms with E-state index in [0.717, 1.165) is 29.9 Å². The van der Waals surface area contributed by atoms with Gasteiger partial charge in [-0.15, -0.1) is 0 Å². The van der Waals surface area contributed by atoms with Crippen molar-refractivity contribution in [2.75, 3.05) is 5.32 Å². The molecular formula is C19H22N4. The van der Waals surface area contributed by atoms with E-state index in [1.54, 1.807) is 12.4 Å². The molecule has 4 heteroatoms. The van der Waals surface area contributed by atoms with Gasteiger partial charge in [-0.2, -0.15) is 0 Å². The largest absolute Gasteiger partial charge is 0.371 e. The Balaban J connectivity index is 1.93. The molecule has 1 aromatic carbocycles. The smallest absolute Gasteiger partial charge is 0.133 e. The molecule has 4 nitrogen and oxygen atoms in total. The Bertz CT molecular complexity index is 735. The van der Waals surface area contributed by atoms with E-state index in [9.17, 15) is 0 Å². The molecule has 0 saturated heterocycles. The molecule has 0 bridgehead atoms. The second-order valence-corrected chi connectivity index (χ2v) is 5.53. The Morgan fingerprint density at radius 3 is 2.61 bits per heavy atom. The van der Waals surface area contributed by atoms with E-state index in [4.69, 9.17) is 0 Å². The predicted octanol–water partition coefficient (Wildman–Crippen LogP) is 4.13. The molecule has 2 heterocycles. The van der Waals surface area contributed by atoms with E-state index in [0.29, 0.717) is 0 Å². The number of rotatable bonds is 6. The zero-order valence-corrected chi connectivity index (χ0v) is 13.6. The van der Waals surface area contributed by atoms with Crippen molar-refractivity contribution in [2.45, 2.75) is 32.7 Å². The summed E-state index contributed by atoms with van der Waals surface area (Å²) >= 11 is 0. The van der Waals surface area contributed by atoms with Crippen molar-refractivity contribution >= 4 is 5.69 Å². The standard InChI is InChI=1S/C19H22N4/c1-3-14-7-8-17(12-15(14)4-2)23-18(19-21-10-11-22-19)16-6-5-9-20-13-16/h5-13,18,23H,3-4H2,1-2H3,(H,21,22)/t18-/m1/s1. The Morgan fingerprint density at radius 2 is 1.96 bits per heavy atom. The topological polar surface area (TPSA) is 53.6 Å². The van der Waals surface area contributed by atoms with Crippen molar-refractivity contribution in [1.29, 1.82) is 0 Å². The van der Waals surface area contributed by atoms with Gasteiger partial charge in [0.15, 0.2) is 0 Å². The lowest BCUT2D eigenvalue weighted by Crippen LogP contribution is -2.14. The summed E-state index contributed by atoms with van der Waals surface area (Å²) in [6.45, 7) is 4.40. The molecule has 0 radical (unpaired) electrons. The van der Waals surface area contributed by atoms with Crippen LogP contribution in [0.3, 0.4) is 0 Å². The number of H-pyrrole nitrogens is 1. The Labute approximate surface area is 137 Å². The number of imidazole rings is 1. The highest BCUT2D eigenvalue weighted by Gasteiger charge is 2.17. The minimum atomic E-state index is -0.0455. The Hall–Kier alpha value is -2.62. The lowest BCUT2D eigenvalue weighted by Gasteiger charge is -2.19. The van der Waals surface area contributed by atoms with Crippen LogP contribution in [0.25, 0.3) is 0 Å². The highest BCUT2D eigenvalue weighted by molar-refractivity contribution is 5.51. The van der Waals surface area contributed by atoms with Crippen molar-refractivity contribution in [2.24, 2.45) is 0 Å². The molecule has 1 atom stereocenters. The van der Waals surface area contributed by atoms with Gasteiger partial charge < -0.3 is 10.3 Å². The first kappa shape index (κ1) is 15.3. The van der Waals surface area contributed by atoms with Crippen LogP contribution in [0.5, 0.6) is 0 Å². The number of aromatic nitrogens is 3. The van der Waals surface area contributed by atoms with Crippen molar-refractivity contribution < 1.29 is 0 Å². The molecule has 118 valence electrons. The van der Waals surface area contributed by atoms with Crippen molar-refractivity contribution in [3.8, 4) is 0 Å². The zero-order chi connectivity index (χ0) is 16.1. The molecule has 0 aliphatic heterocycles. The third-order valence-corrected chi connectivity index (χ3v) is 4.09. The van der Waals surface area contributed by atoms with Crippen LogP contribution in [0.1, 0.15) is 42.4 Å². The van der Waals surface area contributed by atoms with E-state index in [1.165, 1.54) is 11.1 Å². The second-order valence-electron chi connectivity index (χ2n) is 5.53. The van der Waals surface area contributed by atoms with Gasteiger partial charge in [0.25, 0.3) is 0 Å². The molecule has 0 aliphatic carbocycles. The summed E-state index contributed by atoms with van der Waals surface area (Å²) in [6.07, 6.45) is 9.38. The molecule has 0 fully saturated rings. The van der Waals surface area contributed by atoms with Gasteiger partial charge >= 0.3 is 0 Å². The zero-order valence-electron chi connectivity index (χ0n) is 13.6. The average molecular weight is 306 g/mol. The van der Waals surface area contributed by atoms with Crippen LogP contribution in [0, 0.1) is 0 Å². The number of anilines is 1. The lowest BCUT2D eigenvalue weighted by molar-refractivity contribution is 0.847. The molecule has 23 heavy (non-hydrogen) atoms. The van der Waals surface area contributed by atoms with Crippen LogP contribution in [0.4, 0.5) is 5.69 Å². The fourth-order valence-corrected chi connectivity index (χ4v) is 2.85. The second kappa shape index (κ2) is 7.09. The van der Waals surface area contributed by atoms with E-state index in [-0.39, 0.29) is 6.04 Å². The van der Waals surface area contributed by atoms with Gasteiger partial charge in [-0.1, -0.05) is 26.0 Å². The predicted molar refractivity (Wildman–Crippen MR) is 93.5 cm³/mol. The molecule has 0 amide bonds. The number of aryl methyl sites for hydroxylation is 2. The number of nitrogens with zero attached hydrogens (tertiary/aromatic N) is 2. The fraction of sp³-hybridized carbons (Fsp3) is 0.263. The van der Waals surface area contributed by atoms with Gasteiger partial charge in [0, 0.05) is 36.0 Å². The minimum absolute atomic E-state index is 0.0455. The van der Waals surface area contributed by atoms with E-state index in [1.807, 2.05) is 18.5 Å². The molecule has 3 rings (SSSR count). The first-order valence-electron chi connectivity index (χ1n) is 8.09. The third kappa shape index (κ3) is 3.42. The maximum absolute atomic E-state index is 4.42. The van der Waals surface area contributed by atoms with Crippen LogP contribution in [-0.4, -0.2) is 15.0 Å². The van der Waals surface area contributed by atoms with Gasteiger partial charge in [0.05, 0.1) is 0 Å². The molecule has 0 spiro atoms. The number of hydrogen-bond acceptors (Lipinski definition) is 3. The van der Waals surface area contributed by atoms with Gasteiger partial charge in [0.1, 0.15) is 11.9 Å². The summed E-state index contributed by atoms with van der Waals surface area (Å²) in [7, 11) is 0. The van der Waals surface area contributed by atoms with Crippen LogP contribution in [0.15, 0.2) is 55.1 Å². The molecular weight excluding hydrogens is 284 g/mol. The molecule has 0 unspecified atom stereocenters. The summed E-state index contributed by atoms with van der Waals surface area (Å²) in [5.74, 6) is 0.885. The SMILES string of the molecule is CCc1ccc(N[C@H](c2cccnc2)c2ncc[nH]2)cc1CC. The van der Waals surface area contributed by atoms with Gasteiger partial charge in [-0.05, 0) is 42.2 Å². The highest BCUT2D eigenvalue weighted by atomic mass is 15.0. The number of pyridine rings is 1. The van der Waals surface area contributed by atoms with Crippen LogP contribution in [0.2, 0.25) is 0 Å². The summed E-state index contributed by atoms with van der Waals surface area (Å²) in [5.41, 5.74) is 4.99. The minimum Gasteiger partial charge on any atom is -0.371 e. The quantitative estimate of drug-likeness (QED) is 0.720. The van der Waals surface area contributed by atoms with Crippen molar-refractivity contribution in [3.05, 3.63) is 77.6 Å². The fourth-order valence-electron chi connectivity index (χ4n) is 2.85. The number of nitrogens with one attached hydrogen (secondary N) is 2. The van der Waals surface area contributed by atoms with Gasteiger partial charge in [-0.3, -0.25) is 4.98 Å². The van der Waals surface area contributed by atoms with Crippen LogP contribution in [-0.2, 0) is 12.8 Å². The maximum Gasteiger partial charge on any atom is 0.133 e. The van der Waals surface area contributed by atoms with Crippen LogP contribution >= 0.6 is 0 Å². The normalized spacial score (nSPS) is 12.1. The summed E-state index contributed by atoms with van der Waals surface area (Å²) < 4.78 is 0. The van der Waals surface area contributed by atoms with Gasteiger partial charge in [0.2, 0.25) is 0 Å². The number of aromatic amines is 1. The molecule has 2 N–H and O–H groups in total.